The highest BCUT2D eigenvalue weighted by Gasteiger charge is 2.45. The molecule has 3 rings (SSSR count). The molecule has 0 spiro atoms. The molecule has 8 heteroatoms. The van der Waals surface area contributed by atoms with Gasteiger partial charge >= 0.3 is 0 Å². The van der Waals surface area contributed by atoms with Crippen molar-refractivity contribution in [1.82, 2.24) is 10.2 Å². The van der Waals surface area contributed by atoms with Gasteiger partial charge in [-0.15, -0.1) is 0 Å². The molecule has 0 radical (unpaired) electrons. The third-order valence-electron chi connectivity index (χ3n) is 6.06. The number of ether oxygens (including phenoxy) is 1. The van der Waals surface area contributed by atoms with Gasteiger partial charge in [-0.25, -0.2) is 0 Å². The Hall–Kier alpha value is -2.74. The second-order valence-corrected chi connectivity index (χ2v) is 10.6. The summed E-state index contributed by atoms with van der Waals surface area (Å²) in [5, 5.41) is 5.62. The lowest BCUT2D eigenvalue weighted by molar-refractivity contribution is -0.136. The van der Waals surface area contributed by atoms with Crippen molar-refractivity contribution in [2.45, 2.75) is 84.4 Å². The monoisotopic (exact) mass is 457 g/mol. The van der Waals surface area contributed by atoms with E-state index in [9.17, 15) is 19.2 Å². The summed E-state index contributed by atoms with van der Waals surface area (Å²) in [6.45, 7) is 13.1. The Morgan fingerprint density at radius 1 is 1.12 bits per heavy atom. The van der Waals surface area contributed by atoms with Crippen LogP contribution in [0.3, 0.4) is 0 Å². The third-order valence-corrected chi connectivity index (χ3v) is 6.06. The molecule has 4 amide bonds. The van der Waals surface area contributed by atoms with Crippen LogP contribution in [0.4, 0.5) is 5.69 Å². The van der Waals surface area contributed by atoms with Crippen LogP contribution in [-0.4, -0.2) is 52.3 Å². The van der Waals surface area contributed by atoms with E-state index in [4.69, 9.17) is 4.74 Å². The highest BCUT2D eigenvalue weighted by atomic mass is 16.5. The molecule has 0 bridgehead atoms. The summed E-state index contributed by atoms with van der Waals surface area (Å²) in [4.78, 5) is 51.1. The zero-order chi connectivity index (χ0) is 24.6. The van der Waals surface area contributed by atoms with Gasteiger partial charge in [0, 0.05) is 24.3 Å². The van der Waals surface area contributed by atoms with Crippen LogP contribution in [0.15, 0.2) is 18.2 Å². The van der Waals surface area contributed by atoms with Gasteiger partial charge in [0.05, 0.1) is 16.7 Å². The number of carbonyl (C=O) groups excluding carboxylic acids is 4. The molecule has 1 fully saturated rings. The summed E-state index contributed by atoms with van der Waals surface area (Å²) in [6.07, 6.45) is 1.88. The predicted octanol–water partition coefficient (Wildman–Crippen LogP) is 3.51. The molecule has 1 saturated heterocycles. The lowest BCUT2D eigenvalue weighted by Gasteiger charge is -2.32. The molecule has 0 aromatic heterocycles. The molecule has 1 atom stereocenters. The van der Waals surface area contributed by atoms with Gasteiger partial charge in [-0.2, -0.15) is 0 Å². The Morgan fingerprint density at radius 3 is 2.45 bits per heavy atom. The lowest BCUT2D eigenvalue weighted by atomic mass is 9.95. The summed E-state index contributed by atoms with van der Waals surface area (Å²) >= 11 is 0. The summed E-state index contributed by atoms with van der Waals surface area (Å²) in [7, 11) is 0. The number of piperidine rings is 1. The normalized spacial score (nSPS) is 19.2. The number of nitrogens with one attached hydrogen (secondary N) is 2. The van der Waals surface area contributed by atoms with Crippen LogP contribution >= 0.6 is 0 Å². The zero-order valence-corrected chi connectivity index (χ0v) is 20.4. The molecule has 1 aromatic rings. The lowest BCUT2D eigenvalue weighted by Crippen LogP contribution is -2.54. The fourth-order valence-electron chi connectivity index (χ4n) is 4.67. The molecule has 8 nitrogen and oxygen atoms in total. The van der Waals surface area contributed by atoms with E-state index in [2.05, 4.69) is 38.3 Å². The Kier molecular flexibility index (Phi) is 6.98. The minimum atomic E-state index is -0.979. The van der Waals surface area contributed by atoms with Gasteiger partial charge in [0.15, 0.2) is 0 Å². The number of rotatable bonds is 9. The smallest absolute Gasteiger partial charge is 0.264 e. The van der Waals surface area contributed by atoms with E-state index in [1.165, 1.54) is 0 Å². The van der Waals surface area contributed by atoms with E-state index in [1.807, 2.05) is 13.8 Å². The third kappa shape index (κ3) is 5.61. The number of imide groups is 2. The highest BCUT2D eigenvalue weighted by molar-refractivity contribution is 6.25. The number of benzene rings is 1. The number of fused-ring (bicyclic) bond motifs is 1. The Bertz CT molecular complexity index is 967. The highest BCUT2D eigenvalue weighted by Crippen LogP contribution is 2.34. The van der Waals surface area contributed by atoms with E-state index >= 15 is 0 Å². The van der Waals surface area contributed by atoms with Crippen LogP contribution in [-0.2, 0) is 14.3 Å². The fraction of sp³-hybridized carbons (Fsp3) is 0.600. The van der Waals surface area contributed by atoms with E-state index < -0.39 is 35.2 Å². The maximum absolute atomic E-state index is 13.3. The number of anilines is 1. The van der Waals surface area contributed by atoms with Crippen LogP contribution in [0.25, 0.3) is 0 Å². The molecule has 33 heavy (non-hydrogen) atoms. The molecule has 1 aromatic carbocycles. The Morgan fingerprint density at radius 2 is 1.82 bits per heavy atom. The van der Waals surface area contributed by atoms with Crippen molar-refractivity contribution in [3.8, 4) is 0 Å². The fourth-order valence-corrected chi connectivity index (χ4v) is 4.67. The number of nitrogens with zero attached hydrogens (tertiary/aromatic N) is 1. The first-order valence-corrected chi connectivity index (χ1v) is 11.6. The molecule has 2 aliphatic heterocycles. The average molecular weight is 458 g/mol. The number of hydrogen-bond acceptors (Lipinski definition) is 6. The maximum Gasteiger partial charge on any atom is 0.264 e. The number of hydrogen-bond donors (Lipinski definition) is 2. The molecular formula is C25H35N3O5. The van der Waals surface area contributed by atoms with Crippen molar-refractivity contribution >= 4 is 29.3 Å². The summed E-state index contributed by atoms with van der Waals surface area (Å²) < 4.78 is 6.12. The maximum atomic E-state index is 13.3. The second-order valence-electron chi connectivity index (χ2n) is 10.6. The topological polar surface area (TPSA) is 105 Å². The first kappa shape index (κ1) is 24.9. The molecule has 2 heterocycles. The minimum absolute atomic E-state index is 0.0924. The van der Waals surface area contributed by atoms with Crippen LogP contribution in [0.2, 0.25) is 0 Å². The summed E-state index contributed by atoms with van der Waals surface area (Å²) in [5.74, 6) is -1.50. The summed E-state index contributed by atoms with van der Waals surface area (Å²) in [6, 6.07) is 4.10. The number of carbonyl (C=O) groups is 4. The van der Waals surface area contributed by atoms with E-state index in [0.29, 0.717) is 24.6 Å². The van der Waals surface area contributed by atoms with Crippen molar-refractivity contribution in [2.24, 2.45) is 5.92 Å². The summed E-state index contributed by atoms with van der Waals surface area (Å²) in [5.41, 5.74) is 0.450. The van der Waals surface area contributed by atoms with Crippen molar-refractivity contribution in [3.05, 3.63) is 29.3 Å². The van der Waals surface area contributed by atoms with Gasteiger partial charge in [0.2, 0.25) is 11.8 Å². The molecule has 0 aliphatic carbocycles. The van der Waals surface area contributed by atoms with Gasteiger partial charge in [-0.3, -0.25) is 29.4 Å². The van der Waals surface area contributed by atoms with E-state index in [1.54, 1.807) is 18.2 Å². The second kappa shape index (κ2) is 9.25. The first-order valence-electron chi connectivity index (χ1n) is 11.6. The van der Waals surface area contributed by atoms with E-state index in [-0.39, 0.29) is 29.6 Å². The van der Waals surface area contributed by atoms with Gasteiger partial charge in [0.1, 0.15) is 6.04 Å². The average Bonchev–Trinajstić information content (AvgIpc) is 2.92. The van der Waals surface area contributed by atoms with Crippen molar-refractivity contribution in [3.63, 3.8) is 0 Å². The predicted molar refractivity (Wildman–Crippen MR) is 125 cm³/mol. The standard InChI is InChI=1S/C25H35N3O5/c1-15(2)14-25(5,6)33-13-12-24(3,4)27-17-9-7-8-16-20(17)23(32)28(22(16)31)18-10-11-19(29)26-21(18)30/h7-9,15,18,27H,10-14H2,1-6H3,(H,26,29,30). The zero-order valence-electron chi connectivity index (χ0n) is 20.4. The van der Waals surface area contributed by atoms with E-state index in [0.717, 1.165) is 11.3 Å². The number of amides is 4. The molecule has 1 unspecified atom stereocenters. The SMILES string of the molecule is CC(C)CC(C)(C)OCCC(C)(C)Nc1cccc2c1C(=O)N(C1CCC(=O)NC1=O)C2=O. The van der Waals surface area contributed by atoms with Crippen molar-refractivity contribution in [1.29, 1.82) is 0 Å². The van der Waals surface area contributed by atoms with Crippen LogP contribution in [0.1, 0.15) is 87.9 Å². The van der Waals surface area contributed by atoms with Gasteiger partial charge in [0.25, 0.3) is 11.8 Å². The van der Waals surface area contributed by atoms with Gasteiger partial charge in [-0.1, -0.05) is 19.9 Å². The van der Waals surface area contributed by atoms with Gasteiger partial charge < -0.3 is 10.1 Å². The van der Waals surface area contributed by atoms with Crippen molar-refractivity contribution in [2.75, 3.05) is 11.9 Å². The Labute approximate surface area is 195 Å². The Balaban J connectivity index is 1.74. The molecule has 0 saturated carbocycles. The molecule has 2 N–H and O–H groups in total. The largest absolute Gasteiger partial charge is 0.379 e. The minimum Gasteiger partial charge on any atom is -0.379 e. The van der Waals surface area contributed by atoms with Gasteiger partial charge in [-0.05, 0) is 65.0 Å². The molecular weight excluding hydrogens is 422 g/mol. The molecule has 180 valence electrons. The molecule has 2 aliphatic rings. The quantitative estimate of drug-likeness (QED) is 0.550. The first-order chi connectivity index (χ1) is 15.3. The van der Waals surface area contributed by atoms with Crippen molar-refractivity contribution < 1.29 is 23.9 Å². The van der Waals surface area contributed by atoms with Crippen LogP contribution < -0.4 is 10.6 Å². The van der Waals surface area contributed by atoms with Crippen LogP contribution in [0.5, 0.6) is 0 Å². The van der Waals surface area contributed by atoms with Crippen LogP contribution in [0, 0.1) is 5.92 Å².